The van der Waals surface area contributed by atoms with E-state index < -0.39 is 0 Å². The zero-order valence-corrected chi connectivity index (χ0v) is 11.7. The molecule has 2 heterocycles. The van der Waals surface area contributed by atoms with Gasteiger partial charge in [0.05, 0.1) is 17.1 Å². The van der Waals surface area contributed by atoms with Crippen molar-refractivity contribution in [2.45, 2.75) is 19.4 Å². The van der Waals surface area contributed by atoms with Crippen LogP contribution in [-0.4, -0.2) is 31.3 Å². The topological polar surface area (TPSA) is 71.4 Å². The first-order valence-corrected chi connectivity index (χ1v) is 6.74. The zero-order valence-electron chi connectivity index (χ0n) is 11.7. The number of hydrogen-bond acceptors (Lipinski definition) is 4. The second-order valence-corrected chi connectivity index (χ2v) is 4.88. The molecule has 2 aromatic heterocycles. The van der Waals surface area contributed by atoms with Crippen LogP contribution in [0.3, 0.4) is 0 Å². The summed E-state index contributed by atoms with van der Waals surface area (Å²) >= 11 is 0. The van der Waals surface area contributed by atoms with E-state index in [1.807, 2.05) is 18.2 Å². The van der Waals surface area contributed by atoms with Gasteiger partial charge in [-0.3, -0.25) is 5.10 Å². The molecule has 0 aliphatic rings. The molecule has 3 rings (SSSR count). The molecule has 6 heteroatoms. The number of aromatic nitrogens is 5. The summed E-state index contributed by atoms with van der Waals surface area (Å²) in [6, 6.07) is 8.37. The van der Waals surface area contributed by atoms with Gasteiger partial charge in [-0.15, -0.1) is 0 Å². The van der Waals surface area contributed by atoms with Crippen LogP contribution < -0.4 is 5.32 Å². The van der Waals surface area contributed by atoms with Crippen LogP contribution >= 0.6 is 0 Å². The van der Waals surface area contributed by atoms with Gasteiger partial charge in [-0.05, 0) is 19.1 Å². The van der Waals surface area contributed by atoms with Crippen molar-refractivity contribution in [1.29, 1.82) is 0 Å². The van der Waals surface area contributed by atoms with Gasteiger partial charge >= 0.3 is 0 Å². The molecule has 0 amide bonds. The number of rotatable bonds is 5. The molecular weight excluding hydrogens is 252 g/mol. The van der Waals surface area contributed by atoms with Crippen molar-refractivity contribution >= 4 is 11.0 Å². The van der Waals surface area contributed by atoms with E-state index in [4.69, 9.17) is 4.98 Å². The molecule has 6 nitrogen and oxygen atoms in total. The lowest BCUT2D eigenvalue weighted by Gasteiger charge is -2.13. The molecule has 2 N–H and O–H groups in total. The van der Waals surface area contributed by atoms with Crippen LogP contribution in [0.5, 0.6) is 0 Å². The average molecular weight is 270 g/mol. The summed E-state index contributed by atoms with van der Waals surface area (Å²) in [6.45, 7) is 2.96. The molecule has 104 valence electrons. The second kappa shape index (κ2) is 5.42. The number of H-pyrrole nitrogens is 1. The number of benzene rings is 1. The number of imidazole rings is 1. The van der Waals surface area contributed by atoms with Crippen LogP contribution in [0.15, 0.2) is 30.6 Å². The van der Waals surface area contributed by atoms with E-state index in [9.17, 15) is 0 Å². The van der Waals surface area contributed by atoms with E-state index in [0.717, 1.165) is 35.6 Å². The van der Waals surface area contributed by atoms with Crippen LogP contribution in [0, 0.1) is 0 Å². The standard InChI is InChI=1S/C14H18N6/c1-10(15-8-7-13-16-9-17-19-13)14-18-11-5-3-4-6-12(11)20(14)2/h3-6,9-10,15H,7-8H2,1-2H3,(H,16,17,19). The minimum atomic E-state index is 0.190. The molecule has 0 spiro atoms. The van der Waals surface area contributed by atoms with Crippen LogP contribution in [0.1, 0.15) is 24.6 Å². The molecule has 0 fully saturated rings. The maximum atomic E-state index is 4.69. The summed E-state index contributed by atoms with van der Waals surface area (Å²) in [6.07, 6.45) is 2.36. The van der Waals surface area contributed by atoms with Gasteiger partial charge in [0.15, 0.2) is 0 Å². The van der Waals surface area contributed by atoms with Gasteiger partial charge < -0.3 is 9.88 Å². The highest BCUT2D eigenvalue weighted by molar-refractivity contribution is 5.75. The van der Waals surface area contributed by atoms with Gasteiger partial charge in [0.1, 0.15) is 18.0 Å². The molecule has 0 radical (unpaired) electrons. The van der Waals surface area contributed by atoms with Gasteiger partial charge in [0, 0.05) is 20.0 Å². The molecular formula is C14H18N6. The van der Waals surface area contributed by atoms with Gasteiger partial charge in [-0.25, -0.2) is 9.97 Å². The smallest absolute Gasteiger partial charge is 0.137 e. The van der Waals surface area contributed by atoms with E-state index >= 15 is 0 Å². The van der Waals surface area contributed by atoms with Crippen LogP contribution in [-0.2, 0) is 13.5 Å². The first-order valence-electron chi connectivity index (χ1n) is 6.74. The summed E-state index contributed by atoms with van der Waals surface area (Å²) in [7, 11) is 2.05. The number of para-hydroxylation sites is 2. The summed E-state index contributed by atoms with van der Waals surface area (Å²) < 4.78 is 2.14. The fraction of sp³-hybridized carbons (Fsp3) is 0.357. The molecule has 20 heavy (non-hydrogen) atoms. The SMILES string of the molecule is CC(NCCc1ncn[nH]1)c1nc2ccccc2n1C. The lowest BCUT2D eigenvalue weighted by molar-refractivity contribution is 0.532. The third-order valence-corrected chi connectivity index (χ3v) is 3.49. The molecule has 0 aliphatic carbocycles. The van der Waals surface area contributed by atoms with E-state index in [2.05, 4.69) is 45.1 Å². The predicted octanol–water partition coefficient (Wildman–Crippen LogP) is 1.58. The Morgan fingerprint density at radius 3 is 2.95 bits per heavy atom. The second-order valence-electron chi connectivity index (χ2n) is 4.88. The molecule has 1 atom stereocenters. The Balaban J connectivity index is 1.69. The van der Waals surface area contributed by atoms with E-state index in [1.165, 1.54) is 6.33 Å². The third kappa shape index (κ3) is 2.42. The Labute approximate surface area is 117 Å². The minimum absolute atomic E-state index is 0.190. The van der Waals surface area contributed by atoms with Crippen molar-refractivity contribution < 1.29 is 0 Å². The number of nitrogens with zero attached hydrogens (tertiary/aromatic N) is 4. The summed E-state index contributed by atoms with van der Waals surface area (Å²) in [5.41, 5.74) is 2.19. The van der Waals surface area contributed by atoms with Crippen molar-refractivity contribution in [3.63, 3.8) is 0 Å². The fourth-order valence-electron chi connectivity index (χ4n) is 2.40. The summed E-state index contributed by atoms with van der Waals surface area (Å²) in [5, 5.41) is 10.2. The minimum Gasteiger partial charge on any atom is -0.330 e. The number of aryl methyl sites for hydroxylation is 1. The van der Waals surface area contributed by atoms with Gasteiger partial charge in [0.2, 0.25) is 0 Å². The largest absolute Gasteiger partial charge is 0.330 e. The van der Waals surface area contributed by atoms with E-state index in [1.54, 1.807) is 0 Å². The van der Waals surface area contributed by atoms with E-state index in [-0.39, 0.29) is 6.04 Å². The highest BCUT2D eigenvalue weighted by Crippen LogP contribution is 2.18. The Morgan fingerprint density at radius 1 is 1.35 bits per heavy atom. The molecule has 1 aromatic carbocycles. The summed E-state index contributed by atoms with van der Waals surface area (Å²) in [4.78, 5) is 8.80. The van der Waals surface area contributed by atoms with Crippen LogP contribution in [0.4, 0.5) is 0 Å². The quantitative estimate of drug-likeness (QED) is 0.738. The molecule has 3 aromatic rings. The first kappa shape index (κ1) is 12.8. The fourth-order valence-corrected chi connectivity index (χ4v) is 2.40. The van der Waals surface area contributed by atoms with E-state index in [0.29, 0.717) is 0 Å². The predicted molar refractivity (Wildman–Crippen MR) is 77.2 cm³/mol. The lowest BCUT2D eigenvalue weighted by atomic mass is 10.3. The van der Waals surface area contributed by atoms with Gasteiger partial charge in [-0.2, -0.15) is 5.10 Å². The lowest BCUT2D eigenvalue weighted by Crippen LogP contribution is -2.24. The zero-order chi connectivity index (χ0) is 13.9. The maximum Gasteiger partial charge on any atom is 0.137 e. The molecule has 1 unspecified atom stereocenters. The number of hydrogen-bond donors (Lipinski definition) is 2. The first-order chi connectivity index (χ1) is 9.75. The average Bonchev–Trinajstić information content (AvgIpc) is 3.08. The molecule has 0 saturated heterocycles. The highest BCUT2D eigenvalue weighted by atomic mass is 15.2. The Bertz CT molecular complexity index is 685. The van der Waals surface area contributed by atoms with Gasteiger partial charge in [0.25, 0.3) is 0 Å². The van der Waals surface area contributed by atoms with Crippen molar-refractivity contribution in [1.82, 2.24) is 30.0 Å². The highest BCUT2D eigenvalue weighted by Gasteiger charge is 2.13. The number of fused-ring (bicyclic) bond motifs is 1. The Kier molecular flexibility index (Phi) is 3.47. The molecule has 0 bridgehead atoms. The molecule has 0 aliphatic heterocycles. The normalized spacial score (nSPS) is 12.9. The van der Waals surface area contributed by atoms with Crippen LogP contribution in [0.2, 0.25) is 0 Å². The number of aromatic amines is 1. The Hall–Kier alpha value is -2.21. The Morgan fingerprint density at radius 2 is 2.20 bits per heavy atom. The monoisotopic (exact) mass is 270 g/mol. The summed E-state index contributed by atoms with van der Waals surface area (Å²) in [5.74, 6) is 1.94. The van der Waals surface area contributed by atoms with Crippen LogP contribution in [0.25, 0.3) is 11.0 Å². The third-order valence-electron chi connectivity index (χ3n) is 3.49. The van der Waals surface area contributed by atoms with Crippen molar-refractivity contribution in [2.24, 2.45) is 7.05 Å². The van der Waals surface area contributed by atoms with Crippen molar-refractivity contribution in [3.05, 3.63) is 42.2 Å². The van der Waals surface area contributed by atoms with Gasteiger partial charge in [-0.1, -0.05) is 12.1 Å². The number of nitrogens with one attached hydrogen (secondary N) is 2. The van der Waals surface area contributed by atoms with Crippen molar-refractivity contribution in [3.8, 4) is 0 Å². The molecule has 0 saturated carbocycles. The maximum absolute atomic E-state index is 4.69. The van der Waals surface area contributed by atoms with Crippen molar-refractivity contribution in [2.75, 3.05) is 6.54 Å².